The first-order valence-corrected chi connectivity index (χ1v) is 3.91. The Morgan fingerprint density at radius 3 is 2.50 bits per heavy atom. The molecule has 1 aliphatic heterocycles. The smallest absolute Gasteiger partial charge is 0.301 e. The Bertz CT molecular complexity index is 197. The summed E-state index contributed by atoms with van der Waals surface area (Å²) in [6.45, 7) is -0.190. The molecule has 4 atom stereocenters. The predicted molar refractivity (Wildman–Crippen MR) is 34.8 cm³/mol. The average molecular weight is 180 g/mol. The molecule has 0 amide bonds. The van der Waals surface area contributed by atoms with Gasteiger partial charge in [0.05, 0.1) is 6.10 Å². The van der Waals surface area contributed by atoms with Gasteiger partial charge in [-0.15, -0.1) is 0 Å². The van der Waals surface area contributed by atoms with Gasteiger partial charge in [-0.05, 0) is 6.42 Å². The minimum atomic E-state index is -3.12. The molecule has 2 rings (SSSR count). The van der Waals surface area contributed by atoms with Crippen molar-refractivity contribution in [3.8, 4) is 0 Å². The average Bonchev–Trinajstić information content (AvgIpc) is 2.74. The van der Waals surface area contributed by atoms with E-state index in [1.165, 1.54) is 0 Å². The van der Waals surface area contributed by atoms with Crippen molar-refractivity contribution < 1.29 is 23.7 Å². The summed E-state index contributed by atoms with van der Waals surface area (Å²) in [4.78, 5) is 0. The van der Waals surface area contributed by atoms with E-state index in [0.717, 1.165) is 0 Å². The molecule has 70 valence electrons. The van der Waals surface area contributed by atoms with Crippen LogP contribution in [0.4, 0.5) is 8.78 Å². The second-order valence-electron chi connectivity index (χ2n) is 3.32. The van der Waals surface area contributed by atoms with Crippen LogP contribution in [0.3, 0.4) is 0 Å². The fourth-order valence-electron chi connectivity index (χ4n) is 1.86. The molecule has 2 unspecified atom stereocenters. The monoisotopic (exact) mass is 180 g/mol. The number of hydrogen-bond acceptors (Lipinski definition) is 3. The van der Waals surface area contributed by atoms with Gasteiger partial charge in [0.1, 0.15) is 6.10 Å². The summed E-state index contributed by atoms with van der Waals surface area (Å²) in [5.74, 6) is -3.72. The van der Waals surface area contributed by atoms with Crippen molar-refractivity contribution >= 4 is 0 Å². The fraction of sp³-hybridized carbons (Fsp3) is 1.00. The zero-order valence-corrected chi connectivity index (χ0v) is 6.28. The van der Waals surface area contributed by atoms with Crippen molar-refractivity contribution in [2.75, 3.05) is 6.61 Å². The zero-order valence-electron chi connectivity index (χ0n) is 6.28. The number of aliphatic hydroxyl groups excluding tert-OH is 2. The highest BCUT2D eigenvalue weighted by Gasteiger charge is 2.72. The van der Waals surface area contributed by atoms with Gasteiger partial charge in [-0.3, -0.25) is 0 Å². The van der Waals surface area contributed by atoms with E-state index in [4.69, 9.17) is 10.2 Å². The molecule has 0 aromatic heterocycles. The second-order valence-corrected chi connectivity index (χ2v) is 3.32. The van der Waals surface area contributed by atoms with Crippen molar-refractivity contribution in [3.05, 3.63) is 0 Å². The number of rotatable bonds is 2. The maximum Gasteiger partial charge on any atom is 0.301 e. The van der Waals surface area contributed by atoms with Gasteiger partial charge in [0.25, 0.3) is 0 Å². The molecule has 2 fully saturated rings. The van der Waals surface area contributed by atoms with Crippen LogP contribution in [0.1, 0.15) is 6.42 Å². The summed E-state index contributed by atoms with van der Waals surface area (Å²) in [5.41, 5.74) is 0. The van der Waals surface area contributed by atoms with Crippen LogP contribution < -0.4 is 0 Å². The molecule has 0 aromatic rings. The highest BCUT2D eigenvalue weighted by Crippen LogP contribution is 2.53. The van der Waals surface area contributed by atoms with Crippen LogP contribution in [0.15, 0.2) is 0 Å². The molecule has 1 heterocycles. The van der Waals surface area contributed by atoms with E-state index in [1.54, 1.807) is 0 Å². The molecule has 3 nitrogen and oxygen atoms in total. The van der Waals surface area contributed by atoms with E-state index >= 15 is 0 Å². The number of halogens is 2. The number of ether oxygens (including phenoxy) is 1. The van der Waals surface area contributed by atoms with E-state index in [0.29, 0.717) is 0 Å². The van der Waals surface area contributed by atoms with Crippen molar-refractivity contribution in [1.29, 1.82) is 0 Å². The molecule has 1 saturated heterocycles. The molecular weight excluding hydrogens is 170 g/mol. The quantitative estimate of drug-likeness (QED) is 0.577. The highest BCUT2D eigenvalue weighted by atomic mass is 19.3. The van der Waals surface area contributed by atoms with Gasteiger partial charge < -0.3 is 14.9 Å². The molecule has 12 heavy (non-hydrogen) atoms. The van der Waals surface area contributed by atoms with Crippen molar-refractivity contribution in [2.45, 2.75) is 30.7 Å². The summed E-state index contributed by atoms with van der Waals surface area (Å²) >= 11 is 0. The topological polar surface area (TPSA) is 53.0 Å². The summed E-state index contributed by atoms with van der Waals surface area (Å²) < 4.78 is 30.5. The summed E-state index contributed by atoms with van der Waals surface area (Å²) in [6.07, 6.45) is -3.11. The maximum absolute atomic E-state index is 12.9. The second kappa shape index (κ2) is 2.37. The van der Waals surface area contributed by atoms with Gasteiger partial charge in [-0.25, -0.2) is 8.78 Å². The third kappa shape index (κ3) is 0.901. The summed E-state index contributed by atoms with van der Waals surface area (Å²) in [5, 5.41) is 17.6. The van der Waals surface area contributed by atoms with Crippen LogP contribution >= 0.6 is 0 Å². The fourth-order valence-corrected chi connectivity index (χ4v) is 1.86. The van der Waals surface area contributed by atoms with Crippen LogP contribution in [0.25, 0.3) is 0 Å². The lowest BCUT2D eigenvalue weighted by atomic mass is 10.0. The third-order valence-electron chi connectivity index (χ3n) is 2.59. The van der Waals surface area contributed by atoms with Gasteiger partial charge in [-0.2, -0.15) is 0 Å². The Balaban J connectivity index is 2.09. The van der Waals surface area contributed by atoms with Crippen molar-refractivity contribution in [2.24, 2.45) is 5.92 Å². The van der Waals surface area contributed by atoms with Gasteiger partial charge in [0, 0.05) is 12.5 Å². The Morgan fingerprint density at radius 1 is 1.42 bits per heavy atom. The van der Waals surface area contributed by atoms with Crippen molar-refractivity contribution in [3.63, 3.8) is 0 Å². The Morgan fingerprint density at radius 2 is 2.08 bits per heavy atom. The molecule has 2 N–H and O–H groups in total. The lowest BCUT2D eigenvalue weighted by Crippen LogP contribution is -2.38. The molecule has 0 bridgehead atoms. The minimum Gasteiger partial charge on any atom is -0.396 e. The van der Waals surface area contributed by atoms with E-state index < -0.39 is 30.2 Å². The molecule has 1 aliphatic carbocycles. The number of aliphatic hydroxyl groups is 2. The molecular formula is C7H10F2O3. The SMILES string of the molecule is OCCC1C(O)C(F)(F)[C@H]2O[C@@H]12. The number of epoxide rings is 1. The maximum atomic E-state index is 12.9. The molecule has 1 saturated carbocycles. The lowest BCUT2D eigenvalue weighted by Gasteiger charge is -2.21. The molecule has 0 aromatic carbocycles. The standard InChI is InChI=1S/C7H10F2O3/c8-7(9)5(11)3(1-2-10)4-6(7)12-4/h3-6,10-11H,1-2H2/t3?,4-,5?,6-/m0/s1. The lowest BCUT2D eigenvalue weighted by molar-refractivity contribution is -0.140. The molecule has 5 heteroatoms. The van der Waals surface area contributed by atoms with E-state index in [9.17, 15) is 8.78 Å². The zero-order chi connectivity index (χ0) is 8.93. The van der Waals surface area contributed by atoms with Crippen LogP contribution in [0.5, 0.6) is 0 Å². The number of alkyl halides is 2. The third-order valence-corrected chi connectivity index (χ3v) is 2.59. The van der Waals surface area contributed by atoms with Crippen LogP contribution in [-0.4, -0.2) is 41.1 Å². The molecule has 0 spiro atoms. The van der Waals surface area contributed by atoms with E-state index in [2.05, 4.69) is 4.74 Å². The summed E-state index contributed by atoms with van der Waals surface area (Å²) in [6, 6.07) is 0. The minimum absolute atomic E-state index is 0.178. The van der Waals surface area contributed by atoms with Crippen LogP contribution in [-0.2, 0) is 4.74 Å². The molecule has 0 radical (unpaired) electrons. The number of hydrogen-bond donors (Lipinski definition) is 2. The first-order valence-electron chi connectivity index (χ1n) is 3.91. The van der Waals surface area contributed by atoms with Gasteiger partial charge in [0.15, 0.2) is 6.10 Å². The first kappa shape index (κ1) is 8.34. The largest absolute Gasteiger partial charge is 0.396 e. The van der Waals surface area contributed by atoms with E-state index in [-0.39, 0.29) is 13.0 Å². The van der Waals surface area contributed by atoms with Gasteiger partial charge in [0.2, 0.25) is 0 Å². The van der Waals surface area contributed by atoms with Crippen LogP contribution in [0, 0.1) is 5.92 Å². The van der Waals surface area contributed by atoms with E-state index in [1.807, 2.05) is 0 Å². The summed E-state index contributed by atoms with van der Waals surface area (Å²) in [7, 11) is 0. The van der Waals surface area contributed by atoms with Crippen molar-refractivity contribution in [1.82, 2.24) is 0 Å². The van der Waals surface area contributed by atoms with Gasteiger partial charge in [-0.1, -0.05) is 0 Å². The molecule has 2 aliphatic rings. The van der Waals surface area contributed by atoms with Gasteiger partial charge >= 0.3 is 5.92 Å². The highest BCUT2D eigenvalue weighted by molar-refractivity contribution is 5.13. The Hall–Kier alpha value is -0.260. The van der Waals surface area contributed by atoms with Crippen LogP contribution in [0.2, 0.25) is 0 Å². The normalized spacial score (nSPS) is 49.0. The predicted octanol–water partition coefficient (Wildman–Crippen LogP) is -0.238. The number of fused-ring (bicyclic) bond motifs is 1. The first-order chi connectivity index (χ1) is 5.59. The Kier molecular flexibility index (Phi) is 1.65. The Labute approximate surface area is 68.0 Å².